The molecule has 1 aromatic heterocycles. The van der Waals surface area contributed by atoms with E-state index in [4.69, 9.17) is 9.57 Å². The van der Waals surface area contributed by atoms with Crippen molar-refractivity contribution in [2.45, 2.75) is 76.2 Å². The first-order valence-electron chi connectivity index (χ1n) is 11.6. The highest BCUT2D eigenvalue weighted by molar-refractivity contribution is 5.94. The maximum absolute atomic E-state index is 14.2. The number of aromatic nitrogens is 1. The number of piperidine rings is 1. The van der Waals surface area contributed by atoms with Crippen molar-refractivity contribution in [3.05, 3.63) is 29.7 Å². The zero-order chi connectivity index (χ0) is 21.5. The molecule has 7 nitrogen and oxygen atoms in total. The van der Waals surface area contributed by atoms with E-state index in [1.807, 2.05) is 6.07 Å². The normalized spacial score (nSPS) is 26.0. The van der Waals surface area contributed by atoms with Crippen LogP contribution in [0.15, 0.2) is 24.2 Å². The lowest BCUT2D eigenvalue weighted by Gasteiger charge is -2.37. The van der Waals surface area contributed by atoms with Crippen LogP contribution in [0.4, 0.5) is 10.2 Å². The first kappa shape index (κ1) is 22.2. The van der Waals surface area contributed by atoms with Crippen molar-refractivity contribution in [1.29, 1.82) is 0 Å². The van der Waals surface area contributed by atoms with Gasteiger partial charge < -0.3 is 10.1 Å². The van der Waals surface area contributed by atoms with Crippen LogP contribution in [0.2, 0.25) is 0 Å². The SMILES string of the molecule is O=C(NOC1CCCCO1)/C(F)=C/c1ccc(N[C@@H]2CCCN(C3CCCC3)C2)nc1. The van der Waals surface area contributed by atoms with Crippen LogP contribution >= 0.6 is 0 Å². The molecule has 0 spiro atoms. The van der Waals surface area contributed by atoms with E-state index in [1.165, 1.54) is 38.6 Å². The zero-order valence-electron chi connectivity index (χ0n) is 18.0. The number of ether oxygens (including phenoxy) is 1. The Hall–Kier alpha value is -2.03. The summed E-state index contributed by atoms with van der Waals surface area (Å²) in [5.41, 5.74) is 2.64. The van der Waals surface area contributed by atoms with E-state index in [9.17, 15) is 9.18 Å². The molecule has 2 aliphatic heterocycles. The number of hydrogen-bond acceptors (Lipinski definition) is 6. The molecule has 0 aromatic carbocycles. The van der Waals surface area contributed by atoms with Crippen LogP contribution in [0.25, 0.3) is 6.08 Å². The Morgan fingerprint density at radius 3 is 2.74 bits per heavy atom. The number of hydroxylamine groups is 1. The van der Waals surface area contributed by atoms with E-state index in [0.29, 0.717) is 24.6 Å². The molecule has 2 N–H and O–H groups in total. The number of hydrogen-bond donors (Lipinski definition) is 2. The van der Waals surface area contributed by atoms with Crippen molar-refractivity contribution in [2.75, 3.05) is 25.0 Å². The second-order valence-electron chi connectivity index (χ2n) is 8.73. The highest BCUT2D eigenvalue weighted by atomic mass is 19.1. The monoisotopic (exact) mass is 432 g/mol. The third-order valence-electron chi connectivity index (χ3n) is 6.36. The minimum atomic E-state index is -0.933. The summed E-state index contributed by atoms with van der Waals surface area (Å²) in [6, 6.07) is 4.71. The molecule has 31 heavy (non-hydrogen) atoms. The second-order valence-corrected chi connectivity index (χ2v) is 8.73. The Kier molecular flexibility index (Phi) is 7.88. The maximum Gasteiger partial charge on any atom is 0.303 e. The number of rotatable bonds is 7. The van der Waals surface area contributed by atoms with E-state index < -0.39 is 18.0 Å². The van der Waals surface area contributed by atoms with E-state index >= 15 is 0 Å². The first-order valence-corrected chi connectivity index (χ1v) is 11.6. The fourth-order valence-corrected chi connectivity index (χ4v) is 4.69. The topological polar surface area (TPSA) is 75.7 Å². The minimum Gasteiger partial charge on any atom is -0.366 e. The van der Waals surface area contributed by atoms with Gasteiger partial charge in [0.15, 0.2) is 12.1 Å². The maximum atomic E-state index is 14.2. The van der Waals surface area contributed by atoms with Crippen LogP contribution in [0.1, 0.15) is 63.4 Å². The minimum absolute atomic E-state index is 0.380. The van der Waals surface area contributed by atoms with Crippen molar-refractivity contribution in [3.8, 4) is 0 Å². The summed E-state index contributed by atoms with van der Waals surface area (Å²) in [6.45, 7) is 2.83. The number of carbonyl (C=O) groups is 1. The van der Waals surface area contributed by atoms with Gasteiger partial charge in [-0.25, -0.2) is 19.7 Å². The van der Waals surface area contributed by atoms with E-state index in [1.54, 1.807) is 12.3 Å². The third kappa shape index (κ3) is 6.48. The van der Waals surface area contributed by atoms with Gasteiger partial charge in [-0.1, -0.05) is 12.8 Å². The summed E-state index contributed by atoms with van der Waals surface area (Å²) in [6.07, 6.45) is 12.5. The number of nitrogens with one attached hydrogen (secondary N) is 2. The molecular formula is C23H33FN4O3. The van der Waals surface area contributed by atoms with Gasteiger partial charge in [-0.15, -0.1) is 0 Å². The molecule has 1 aromatic rings. The molecular weight excluding hydrogens is 399 g/mol. The van der Waals surface area contributed by atoms with Gasteiger partial charge in [0.1, 0.15) is 5.82 Å². The summed E-state index contributed by atoms with van der Waals surface area (Å²) in [5.74, 6) is -1.08. The Labute approximate surface area is 183 Å². The lowest BCUT2D eigenvalue weighted by atomic mass is 10.0. The number of carbonyl (C=O) groups excluding carboxylic acids is 1. The Morgan fingerprint density at radius 2 is 2.00 bits per heavy atom. The number of amides is 1. The summed E-state index contributed by atoms with van der Waals surface area (Å²) in [5, 5.41) is 3.51. The van der Waals surface area contributed by atoms with E-state index in [2.05, 4.69) is 20.7 Å². The van der Waals surface area contributed by atoms with Gasteiger partial charge in [-0.2, -0.15) is 0 Å². The number of halogens is 1. The summed E-state index contributed by atoms with van der Waals surface area (Å²) >= 11 is 0. The fourth-order valence-electron chi connectivity index (χ4n) is 4.69. The molecule has 3 heterocycles. The largest absolute Gasteiger partial charge is 0.366 e. The quantitative estimate of drug-likeness (QED) is 0.504. The molecule has 1 amide bonds. The molecule has 8 heteroatoms. The van der Waals surface area contributed by atoms with Crippen LogP contribution in [0.5, 0.6) is 0 Å². The first-order chi connectivity index (χ1) is 15.2. The summed E-state index contributed by atoms with van der Waals surface area (Å²) < 4.78 is 19.5. The summed E-state index contributed by atoms with van der Waals surface area (Å²) in [4.78, 5) is 24.0. The molecule has 0 bridgehead atoms. The smallest absolute Gasteiger partial charge is 0.303 e. The van der Waals surface area contributed by atoms with Gasteiger partial charge in [-0.3, -0.25) is 9.69 Å². The molecule has 3 aliphatic rings. The molecule has 1 saturated carbocycles. The van der Waals surface area contributed by atoms with Gasteiger partial charge in [0, 0.05) is 37.9 Å². The number of nitrogens with zero attached hydrogens (tertiary/aromatic N) is 2. The molecule has 1 unspecified atom stereocenters. The highest BCUT2D eigenvalue weighted by Gasteiger charge is 2.27. The van der Waals surface area contributed by atoms with Gasteiger partial charge in [0.05, 0.1) is 0 Å². The second kappa shape index (κ2) is 11.0. The molecule has 170 valence electrons. The average Bonchev–Trinajstić information content (AvgIpc) is 3.35. The fraction of sp³-hybridized carbons (Fsp3) is 0.652. The van der Waals surface area contributed by atoms with Crippen LogP contribution in [-0.4, -0.2) is 53.9 Å². The molecule has 1 aliphatic carbocycles. The lowest BCUT2D eigenvalue weighted by Crippen LogP contribution is -2.46. The highest BCUT2D eigenvalue weighted by Crippen LogP contribution is 2.27. The van der Waals surface area contributed by atoms with Crippen molar-refractivity contribution in [2.24, 2.45) is 0 Å². The molecule has 3 fully saturated rings. The summed E-state index contributed by atoms with van der Waals surface area (Å²) in [7, 11) is 0. The van der Waals surface area contributed by atoms with Crippen molar-refractivity contribution in [3.63, 3.8) is 0 Å². The average molecular weight is 433 g/mol. The van der Waals surface area contributed by atoms with Crippen molar-refractivity contribution >= 4 is 17.8 Å². The number of anilines is 1. The zero-order valence-corrected chi connectivity index (χ0v) is 18.0. The van der Waals surface area contributed by atoms with E-state index in [0.717, 1.165) is 43.7 Å². The lowest BCUT2D eigenvalue weighted by molar-refractivity contribution is -0.199. The van der Waals surface area contributed by atoms with Crippen LogP contribution in [0, 0.1) is 0 Å². The molecule has 4 rings (SSSR count). The van der Waals surface area contributed by atoms with Gasteiger partial charge in [0.25, 0.3) is 0 Å². The Bertz CT molecular complexity index is 746. The third-order valence-corrected chi connectivity index (χ3v) is 6.36. The molecule has 0 radical (unpaired) electrons. The van der Waals surface area contributed by atoms with Crippen LogP contribution in [0.3, 0.4) is 0 Å². The predicted octanol–water partition coefficient (Wildman–Crippen LogP) is 3.79. The molecule has 2 atom stereocenters. The predicted molar refractivity (Wildman–Crippen MR) is 117 cm³/mol. The van der Waals surface area contributed by atoms with Gasteiger partial charge in [0.2, 0.25) is 0 Å². The van der Waals surface area contributed by atoms with Crippen molar-refractivity contribution < 1.29 is 18.8 Å². The Morgan fingerprint density at radius 1 is 1.16 bits per heavy atom. The number of likely N-dealkylation sites (tertiary alicyclic amines) is 1. The molecule has 2 saturated heterocycles. The standard InChI is InChI=1S/C23H33FN4O3/c24-20(23(29)27-31-22-9-3-4-13-30-22)14-17-10-11-21(25-15-17)26-18-6-5-12-28(16-18)19-7-1-2-8-19/h10-11,14-15,18-19,22H,1-9,12-13,16H2,(H,25,26)(H,27,29)/b20-14-/t18-,22?/m1/s1. The number of pyridine rings is 1. The van der Waals surface area contributed by atoms with Crippen LogP contribution in [-0.2, 0) is 14.4 Å². The van der Waals surface area contributed by atoms with Crippen LogP contribution < -0.4 is 10.8 Å². The van der Waals surface area contributed by atoms with Gasteiger partial charge >= 0.3 is 5.91 Å². The van der Waals surface area contributed by atoms with Crippen molar-refractivity contribution in [1.82, 2.24) is 15.4 Å². The Balaban J connectivity index is 1.25. The van der Waals surface area contributed by atoms with E-state index in [-0.39, 0.29) is 0 Å². The van der Waals surface area contributed by atoms with Gasteiger partial charge in [-0.05, 0) is 68.8 Å².